The molecule has 0 aliphatic rings. The summed E-state index contributed by atoms with van der Waals surface area (Å²) in [5.41, 5.74) is 2.41. The van der Waals surface area contributed by atoms with Crippen molar-refractivity contribution in [2.24, 2.45) is 4.99 Å². The molecule has 2 N–H and O–H groups in total. The Morgan fingerprint density at radius 2 is 1.80 bits per heavy atom. The van der Waals surface area contributed by atoms with E-state index in [9.17, 15) is 4.39 Å². The minimum Gasteiger partial charge on any atom is -0.493 e. The van der Waals surface area contributed by atoms with Crippen molar-refractivity contribution in [2.45, 2.75) is 13.5 Å². The maximum absolute atomic E-state index is 13.3. The number of hydrogen-bond acceptors (Lipinski definition) is 3. The van der Waals surface area contributed by atoms with Gasteiger partial charge in [0, 0.05) is 25.3 Å². The predicted octanol–water partition coefficient (Wildman–Crippen LogP) is 3.96. The lowest BCUT2D eigenvalue weighted by atomic mass is 10.1. The maximum Gasteiger partial charge on any atom is 0.195 e. The van der Waals surface area contributed by atoms with Crippen LogP contribution in [0.2, 0.25) is 0 Å². The SMILES string of the molecule is CN=C(NCc1ccc(F)c(C)c1)Nc1ccc(OC)c(OC)c1.I. The predicted molar refractivity (Wildman–Crippen MR) is 110 cm³/mol. The molecule has 0 radical (unpaired) electrons. The van der Waals surface area contributed by atoms with Crippen molar-refractivity contribution < 1.29 is 13.9 Å². The summed E-state index contributed by atoms with van der Waals surface area (Å²) in [6.45, 7) is 2.28. The van der Waals surface area contributed by atoms with Gasteiger partial charge in [-0.25, -0.2) is 4.39 Å². The van der Waals surface area contributed by atoms with Crippen LogP contribution < -0.4 is 20.1 Å². The lowest BCUT2D eigenvalue weighted by Crippen LogP contribution is -2.30. The minimum atomic E-state index is -0.202. The zero-order valence-electron chi connectivity index (χ0n) is 14.7. The van der Waals surface area contributed by atoms with Gasteiger partial charge in [0.2, 0.25) is 0 Å². The molecule has 0 fully saturated rings. The van der Waals surface area contributed by atoms with Crippen molar-refractivity contribution in [1.29, 1.82) is 0 Å². The van der Waals surface area contributed by atoms with Gasteiger partial charge in [-0.05, 0) is 36.2 Å². The Balaban J connectivity index is 0.00000312. The molecule has 0 atom stereocenters. The molecule has 0 heterocycles. The molecular weight excluding hydrogens is 436 g/mol. The molecule has 0 spiro atoms. The van der Waals surface area contributed by atoms with Crippen molar-refractivity contribution in [3.8, 4) is 11.5 Å². The van der Waals surface area contributed by atoms with Gasteiger partial charge in [0.05, 0.1) is 14.2 Å². The van der Waals surface area contributed by atoms with Crippen LogP contribution in [0.25, 0.3) is 0 Å². The lowest BCUT2D eigenvalue weighted by Gasteiger charge is -2.14. The molecule has 0 aliphatic heterocycles. The summed E-state index contributed by atoms with van der Waals surface area (Å²) in [6, 6.07) is 10.5. The van der Waals surface area contributed by atoms with Crippen LogP contribution in [0.1, 0.15) is 11.1 Å². The molecule has 7 heteroatoms. The molecule has 0 amide bonds. The second-order valence-electron chi connectivity index (χ2n) is 5.20. The number of aryl methyl sites for hydroxylation is 1. The van der Waals surface area contributed by atoms with Crippen molar-refractivity contribution in [1.82, 2.24) is 5.32 Å². The highest BCUT2D eigenvalue weighted by Gasteiger charge is 2.06. The third kappa shape index (κ3) is 5.77. The van der Waals surface area contributed by atoms with Crippen LogP contribution in [0.4, 0.5) is 10.1 Å². The highest BCUT2D eigenvalue weighted by molar-refractivity contribution is 14.0. The smallest absolute Gasteiger partial charge is 0.195 e. The number of anilines is 1. The molecule has 2 aromatic carbocycles. The fourth-order valence-electron chi connectivity index (χ4n) is 2.23. The second kappa shape index (κ2) is 10.1. The number of nitrogens with one attached hydrogen (secondary N) is 2. The van der Waals surface area contributed by atoms with Crippen LogP contribution in [-0.4, -0.2) is 27.2 Å². The van der Waals surface area contributed by atoms with E-state index in [1.54, 1.807) is 34.3 Å². The molecule has 0 bridgehead atoms. The summed E-state index contributed by atoms with van der Waals surface area (Å²) < 4.78 is 23.8. The quantitative estimate of drug-likeness (QED) is 0.404. The van der Waals surface area contributed by atoms with Gasteiger partial charge < -0.3 is 20.1 Å². The number of methoxy groups -OCH3 is 2. The number of guanidine groups is 1. The molecule has 0 saturated carbocycles. The van der Waals surface area contributed by atoms with Gasteiger partial charge in [-0.1, -0.05) is 12.1 Å². The monoisotopic (exact) mass is 459 g/mol. The second-order valence-corrected chi connectivity index (χ2v) is 5.20. The third-order valence-electron chi connectivity index (χ3n) is 3.55. The zero-order chi connectivity index (χ0) is 17.5. The highest BCUT2D eigenvalue weighted by atomic mass is 127. The summed E-state index contributed by atoms with van der Waals surface area (Å²) in [7, 11) is 4.87. The first kappa shape index (κ1) is 21.0. The van der Waals surface area contributed by atoms with Crippen LogP contribution in [0.5, 0.6) is 11.5 Å². The van der Waals surface area contributed by atoms with E-state index in [2.05, 4.69) is 15.6 Å². The van der Waals surface area contributed by atoms with E-state index in [1.807, 2.05) is 24.3 Å². The summed E-state index contributed by atoms with van der Waals surface area (Å²) in [5, 5.41) is 6.37. The first-order chi connectivity index (χ1) is 11.6. The van der Waals surface area contributed by atoms with E-state index in [4.69, 9.17) is 9.47 Å². The van der Waals surface area contributed by atoms with Crippen LogP contribution >= 0.6 is 24.0 Å². The van der Waals surface area contributed by atoms with Crippen LogP contribution in [0, 0.1) is 12.7 Å². The van der Waals surface area contributed by atoms with E-state index in [-0.39, 0.29) is 29.8 Å². The average Bonchev–Trinajstić information content (AvgIpc) is 2.61. The number of halogens is 2. The highest BCUT2D eigenvalue weighted by Crippen LogP contribution is 2.29. The Kier molecular flexibility index (Phi) is 8.47. The van der Waals surface area contributed by atoms with Gasteiger partial charge in [-0.15, -0.1) is 24.0 Å². The van der Waals surface area contributed by atoms with Gasteiger partial charge in [-0.3, -0.25) is 4.99 Å². The van der Waals surface area contributed by atoms with Gasteiger partial charge in [0.25, 0.3) is 0 Å². The number of nitrogens with zero attached hydrogens (tertiary/aromatic N) is 1. The third-order valence-corrected chi connectivity index (χ3v) is 3.55. The van der Waals surface area contributed by atoms with Gasteiger partial charge >= 0.3 is 0 Å². The molecular formula is C18H23FIN3O2. The van der Waals surface area contributed by atoms with E-state index in [0.717, 1.165) is 11.3 Å². The van der Waals surface area contributed by atoms with Gasteiger partial charge in [0.15, 0.2) is 17.5 Å². The largest absolute Gasteiger partial charge is 0.493 e. The van der Waals surface area contributed by atoms with Crippen molar-refractivity contribution in [3.63, 3.8) is 0 Å². The summed E-state index contributed by atoms with van der Waals surface area (Å²) in [4.78, 5) is 4.18. The number of benzene rings is 2. The first-order valence-electron chi connectivity index (χ1n) is 7.52. The van der Waals surface area contributed by atoms with Crippen molar-refractivity contribution in [2.75, 3.05) is 26.6 Å². The summed E-state index contributed by atoms with van der Waals surface area (Å²) >= 11 is 0. The van der Waals surface area contributed by atoms with Gasteiger partial charge in [0.1, 0.15) is 5.82 Å². The molecule has 136 valence electrons. The Bertz CT molecular complexity index is 738. The minimum absolute atomic E-state index is 0. The fraction of sp³-hybridized carbons (Fsp3) is 0.278. The Morgan fingerprint density at radius 3 is 2.40 bits per heavy atom. The average molecular weight is 459 g/mol. The van der Waals surface area contributed by atoms with Gasteiger partial charge in [-0.2, -0.15) is 0 Å². The molecule has 0 saturated heterocycles. The first-order valence-corrected chi connectivity index (χ1v) is 7.52. The summed E-state index contributed by atoms with van der Waals surface area (Å²) in [6.07, 6.45) is 0. The topological polar surface area (TPSA) is 54.9 Å². The molecule has 0 aliphatic carbocycles. The van der Waals surface area contributed by atoms with Crippen molar-refractivity contribution in [3.05, 3.63) is 53.3 Å². The van der Waals surface area contributed by atoms with Crippen LogP contribution in [0.3, 0.4) is 0 Å². The standard InChI is InChI=1S/C18H22FN3O2.HI/c1-12-9-13(5-7-15(12)19)11-21-18(20-2)22-14-6-8-16(23-3)17(10-14)24-4;/h5-10H,11H2,1-4H3,(H2,20,21,22);1H. The number of ether oxygens (including phenoxy) is 2. The van der Waals surface area contributed by atoms with Crippen LogP contribution in [0.15, 0.2) is 41.4 Å². The van der Waals surface area contributed by atoms with Crippen LogP contribution in [-0.2, 0) is 6.54 Å². The fourth-order valence-corrected chi connectivity index (χ4v) is 2.23. The Labute approximate surface area is 164 Å². The maximum atomic E-state index is 13.3. The van der Waals surface area contributed by atoms with Crippen molar-refractivity contribution >= 4 is 35.6 Å². The summed E-state index contributed by atoms with van der Waals surface area (Å²) in [5.74, 6) is 1.69. The zero-order valence-corrected chi connectivity index (χ0v) is 17.1. The normalized spacial score (nSPS) is 10.7. The molecule has 5 nitrogen and oxygen atoms in total. The molecule has 0 aromatic heterocycles. The van der Waals surface area contributed by atoms with E-state index in [0.29, 0.717) is 29.6 Å². The molecule has 2 aromatic rings. The van der Waals surface area contributed by atoms with E-state index in [1.165, 1.54) is 6.07 Å². The van der Waals surface area contributed by atoms with E-state index >= 15 is 0 Å². The molecule has 0 unspecified atom stereocenters. The number of hydrogen-bond donors (Lipinski definition) is 2. The Morgan fingerprint density at radius 1 is 1.08 bits per heavy atom. The number of rotatable bonds is 5. The molecule has 25 heavy (non-hydrogen) atoms. The number of aliphatic imine (C=N–C) groups is 1. The molecule has 2 rings (SSSR count). The lowest BCUT2D eigenvalue weighted by molar-refractivity contribution is 0.355. The van der Waals surface area contributed by atoms with E-state index < -0.39 is 0 Å². The Hall–Kier alpha value is -2.03.